The molecule has 2 fully saturated rings. The van der Waals surface area contributed by atoms with Crippen LogP contribution in [-0.2, 0) is 30.2 Å². The molecule has 0 bridgehead atoms. The Hall–Kier alpha value is -3.47. The summed E-state index contributed by atoms with van der Waals surface area (Å²) in [6.45, 7) is 1.88. The van der Waals surface area contributed by atoms with E-state index in [-0.39, 0.29) is 34.4 Å². The maximum Gasteiger partial charge on any atom is 0.202 e. The Kier molecular flexibility index (Phi) is 8.67. The zero-order valence-corrected chi connectivity index (χ0v) is 25.6. The maximum absolute atomic E-state index is 13.9. The zero-order chi connectivity index (χ0) is 33.1. The second kappa shape index (κ2) is 12.3. The molecule has 0 amide bonds. The number of aliphatic hydroxyl groups is 3. The van der Waals surface area contributed by atoms with E-state index in [0.717, 1.165) is 0 Å². The minimum absolute atomic E-state index is 0.0511. The Morgan fingerprint density at radius 3 is 2.52 bits per heavy atom. The van der Waals surface area contributed by atoms with Crippen LogP contribution in [-0.4, -0.2) is 125 Å². The van der Waals surface area contributed by atoms with Crippen LogP contribution in [0.15, 0.2) is 18.2 Å². The third-order valence-electron chi connectivity index (χ3n) is 9.53. The highest BCUT2D eigenvalue weighted by Crippen LogP contribution is 2.52. The van der Waals surface area contributed by atoms with E-state index in [0.29, 0.717) is 19.7 Å². The normalized spacial score (nSPS) is 31.2. The van der Waals surface area contributed by atoms with Gasteiger partial charge in [0.2, 0.25) is 5.78 Å². The van der Waals surface area contributed by atoms with Gasteiger partial charge >= 0.3 is 0 Å². The summed E-state index contributed by atoms with van der Waals surface area (Å²) in [6.07, 6.45) is -5.46. The first-order valence-electron chi connectivity index (χ1n) is 15.0. The lowest BCUT2D eigenvalue weighted by atomic mass is 9.72. The number of phenols is 2. The number of benzene rings is 2. The molecular formula is C32H37NO13. The van der Waals surface area contributed by atoms with Crippen LogP contribution >= 0.6 is 0 Å². The van der Waals surface area contributed by atoms with E-state index >= 15 is 0 Å². The summed E-state index contributed by atoms with van der Waals surface area (Å²) in [6, 6.07) is 3.93. The van der Waals surface area contributed by atoms with Crippen molar-refractivity contribution in [1.29, 1.82) is 0 Å². The summed E-state index contributed by atoms with van der Waals surface area (Å²) in [7, 11) is 2.85. The fraction of sp³-hybridized carbons (Fsp3) is 0.531. The monoisotopic (exact) mass is 643 g/mol. The Labute approximate surface area is 264 Å². The summed E-state index contributed by atoms with van der Waals surface area (Å²) in [4.78, 5) is 42.4. The van der Waals surface area contributed by atoms with Crippen molar-refractivity contribution < 1.29 is 63.6 Å². The molecule has 4 aliphatic rings. The number of hydrogen-bond donors (Lipinski definition) is 5. The van der Waals surface area contributed by atoms with Gasteiger partial charge in [-0.2, -0.15) is 0 Å². The second-order valence-corrected chi connectivity index (χ2v) is 12.1. The Bertz CT molecular complexity index is 1580. The van der Waals surface area contributed by atoms with Gasteiger partial charge in [-0.05, 0) is 13.0 Å². The molecule has 0 saturated carbocycles. The number of morpholine rings is 1. The van der Waals surface area contributed by atoms with Crippen LogP contribution in [0.3, 0.4) is 0 Å². The molecule has 0 spiro atoms. The van der Waals surface area contributed by atoms with E-state index in [4.69, 9.17) is 23.7 Å². The number of Topliss-reactive ketones (excluding diaryl/α,β-unsaturated/α-hetero) is 1. The van der Waals surface area contributed by atoms with Gasteiger partial charge in [0, 0.05) is 62.2 Å². The smallest absolute Gasteiger partial charge is 0.202 e. The van der Waals surface area contributed by atoms with Gasteiger partial charge in [-0.1, -0.05) is 12.1 Å². The van der Waals surface area contributed by atoms with Crippen molar-refractivity contribution in [2.45, 2.75) is 68.7 Å². The standard InChI is InChI=1S/C32H37NO13/c1-14-27(36)17(33-7-8-44-22(12-33)43-3)9-21(45-14)46-19-11-32(41,20(35)13-34)10-16-24(19)31(40)26-25(29(16)38)28(37)15-5-4-6-18(42-2)23(15)30(26)39/h4-6,14,17,19,21-22,27,34,36,38,40-41H,7-13H2,1-3H3/t14?,17?,19-,21?,22-,27?,32-/m0/s1. The van der Waals surface area contributed by atoms with E-state index in [2.05, 4.69) is 0 Å². The molecule has 2 aromatic rings. The van der Waals surface area contributed by atoms with E-state index in [1.165, 1.54) is 32.4 Å². The molecule has 6 rings (SSSR count). The lowest BCUT2D eigenvalue weighted by Gasteiger charge is -2.47. The fourth-order valence-corrected chi connectivity index (χ4v) is 7.14. The molecule has 248 valence electrons. The van der Waals surface area contributed by atoms with Crippen LogP contribution in [0.4, 0.5) is 0 Å². The van der Waals surface area contributed by atoms with Gasteiger partial charge in [0.05, 0.1) is 48.7 Å². The molecule has 2 aliphatic heterocycles. The predicted molar refractivity (Wildman–Crippen MR) is 156 cm³/mol. The number of rotatable bonds is 7. The van der Waals surface area contributed by atoms with Gasteiger partial charge < -0.3 is 49.2 Å². The first kappa shape index (κ1) is 32.5. The summed E-state index contributed by atoms with van der Waals surface area (Å²) >= 11 is 0. The second-order valence-electron chi connectivity index (χ2n) is 12.1. The van der Waals surface area contributed by atoms with Crippen molar-refractivity contribution in [2.75, 3.05) is 40.5 Å². The van der Waals surface area contributed by atoms with Crippen LogP contribution < -0.4 is 4.74 Å². The van der Waals surface area contributed by atoms with Crippen molar-refractivity contribution in [3.05, 3.63) is 51.6 Å². The lowest BCUT2D eigenvalue weighted by Crippen LogP contribution is -2.59. The Morgan fingerprint density at radius 2 is 1.83 bits per heavy atom. The first-order valence-corrected chi connectivity index (χ1v) is 15.0. The molecule has 46 heavy (non-hydrogen) atoms. The van der Waals surface area contributed by atoms with Gasteiger partial charge in [0.15, 0.2) is 24.1 Å². The molecule has 7 atom stereocenters. The third kappa shape index (κ3) is 5.18. The number of aromatic hydroxyl groups is 2. The third-order valence-corrected chi connectivity index (χ3v) is 9.53. The molecule has 0 aromatic heterocycles. The van der Waals surface area contributed by atoms with Crippen molar-refractivity contribution in [3.63, 3.8) is 0 Å². The van der Waals surface area contributed by atoms with Crippen molar-refractivity contribution in [1.82, 2.24) is 4.90 Å². The van der Waals surface area contributed by atoms with Crippen molar-refractivity contribution in [2.24, 2.45) is 0 Å². The van der Waals surface area contributed by atoms with Gasteiger partial charge in [-0.3, -0.25) is 19.3 Å². The number of phenolic OH excluding ortho intramolecular Hbond substituents is 2. The number of carbonyl (C=O) groups is 3. The van der Waals surface area contributed by atoms with Crippen LogP contribution in [0, 0.1) is 0 Å². The van der Waals surface area contributed by atoms with Crippen LogP contribution in [0.1, 0.15) is 68.8 Å². The highest BCUT2D eigenvalue weighted by molar-refractivity contribution is 6.31. The van der Waals surface area contributed by atoms with Crippen molar-refractivity contribution in [3.8, 4) is 17.2 Å². The highest BCUT2D eigenvalue weighted by Gasteiger charge is 2.50. The number of methoxy groups -OCH3 is 2. The number of nitrogens with zero attached hydrogens (tertiary/aromatic N) is 1. The zero-order valence-electron chi connectivity index (χ0n) is 25.6. The average molecular weight is 644 g/mol. The topological polar surface area (TPSA) is 202 Å². The van der Waals surface area contributed by atoms with Gasteiger partial charge in [0.25, 0.3) is 0 Å². The van der Waals surface area contributed by atoms with Crippen LogP contribution in [0.5, 0.6) is 17.2 Å². The molecule has 2 aliphatic carbocycles. The van der Waals surface area contributed by atoms with E-state index < -0.39 is 102 Å². The van der Waals surface area contributed by atoms with E-state index in [1.54, 1.807) is 6.92 Å². The predicted octanol–water partition coefficient (Wildman–Crippen LogP) is 0.347. The number of fused-ring (bicyclic) bond motifs is 3. The lowest BCUT2D eigenvalue weighted by molar-refractivity contribution is -0.266. The Balaban J connectivity index is 1.43. The summed E-state index contributed by atoms with van der Waals surface area (Å²) in [5.41, 5.74) is -3.62. The first-order chi connectivity index (χ1) is 21.9. The van der Waals surface area contributed by atoms with E-state index in [9.17, 15) is 39.9 Å². The molecule has 4 unspecified atom stereocenters. The average Bonchev–Trinajstić information content (AvgIpc) is 3.05. The summed E-state index contributed by atoms with van der Waals surface area (Å²) in [5, 5.41) is 55.5. The quantitative estimate of drug-likeness (QED) is 0.221. The van der Waals surface area contributed by atoms with Gasteiger partial charge in [0.1, 0.15) is 29.5 Å². The molecule has 0 radical (unpaired) electrons. The van der Waals surface area contributed by atoms with E-state index in [1.807, 2.05) is 4.90 Å². The molecule has 14 heteroatoms. The van der Waals surface area contributed by atoms with Crippen LogP contribution in [0.2, 0.25) is 0 Å². The molecule has 2 aromatic carbocycles. The minimum Gasteiger partial charge on any atom is -0.507 e. The number of aliphatic hydroxyl groups excluding tert-OH is 2. The fourth-order valence-electron chi connectivity index (χ4n) is 7.14. The molecular weight excluding hydrogens is 606 g/mol. The van der Waals surface area contributed by atoms with Crippen LogP contribution in [0.25, 0.3) is 0 Å². The molecule has 2 saturated heterocycles. The largest absolute Gasteiger partial charge is 0.507 e. The number of ketones is 3. The molecule has 5 N–H and O–H groups in total. The minimum atomic E-state index is -2.26. The maximum atomic E-state index is 13.9. The molecule has 14 nitrogen and oxygen atoms in total. The van der Waals surface area contributed by atoms with Crippen molar-refractivity contribution >= 4 is 17.3 Å². The Morgan fingerprint density at radius 1 is 1.09 bits per heavy atom. The number of carbonyl (C=O) groups excluding carboxylic acids is 3. The van der Waals surface area contributed by atoms with Gasteiger partial charge in [-0.25, -0.2) is 0 Å². The van der Waals surface area contributed by atoms with Gasteiger partial charge in [-0.15, -0.1) is 0 Å². The number of hydrogen-bond acceptors (Lipinski definition) is 14. The molecule has 2 heterocycles. The number of ether oxygens (including phenoxy) is 5. The summed E-state index contributed by atoms with van der Waals surface area (Å²) < 4.78 is 28.6. The SMILES string of the molecule is COc1cccc2c1C(=O)c1c(O)c3c(c(O)c1C2=O)C[C@@](O)(C(=O)CO)C[C@@H]3OC1CC(N2CCO[C@H](OC)C2)C(O)C(C)O1. The highest BCUT2D eigenvalue weighted by atomic mass is 16.7. The summed E-state index contributed by atoms with van der Waals surface area (Å²) in [5.74, 6) is -3.75.